The lowest BCUT2D eigenvalue weighted by Crippen LogP contribution is -2.41. The summed E-state index contributed by atoms with van der Waals surface area (Å²) in [5.41, 5.74) is 1.35. The van der Waals surface area contributed by atoms with E-state index in [0.29, 0.717) is 6.04 Å². The summed E-state index contributed by atoms with van der Waals surface area (Å²) in [5.74, 6) is -0.340. The van der Waals surface area contributed by atoms with E-state index in [9.17, 15) is 4.39 Å². The van der Waals surface area contributed by atoms with Crippen molar-refractivity contribution < 1.29 is 9.13 Å². The zero-order chi connectivity index (χ0) is 14.0. The van der Waals surface area contributed by atoms with Gasteiger partial charge in [0.25, 0.3) is 0 Å². The molecule has 1 saturated carbocycles. The smallest absolute Gasteiger partial charge is 0.141 e. The molecule has 1 saturated heterocycles. The second-order valence-corrected chi connectivity index (χ2v) is 6.60. The van der Waals surface area contributed by atoms with Crippen LogP contribution in [0.2, 0.25) is 5.02 Å². The highest BCUT2D eigenvalue weighted by Crippen LogP contribution is 2.35. The lowest BCUT2D eigenvalue weighted by atomic mass is 9.75. The molecule has 2 fully saturated rings. The second kappa shape index (κ2) is 6.00. The van der Waals surface area contributed by atoms with Crippen LogP contribution in [0.25, 0.3) is 0 Å². The molecule has 20 heavy (non-hydrogen) atoms. The molecule has 1 aromatic rings. The largest absolute Gasteiger partial charge is 0.381 e. The van der Waals surface area contributed by atoms with E-state index in [1.807, 2.05) is 6.07 Å². The van der Waals surface area contributed by atoms with Crippen molar-refractivity contribution in [2.75, 3.05) is 19.8 Å². The minimum Gasteiger partial charge on any atom is -0.381 e. The van der Waals surface area contributed by atoms with Gasteiger partial charge >= 0.3 is 0 Å². The maximum absolute atomic E-state index is 13.3. The molecular weight excluding hydrogens is 277 g/mol. The van der Waals surface area contributed by atoms with E-state index in [1.54, 1.807) is 6.07 Å². The van der Waals surface area contributed by atoms with Crippen molar-refractivity contribution >= 4 is 11.6 Å². The van der Waals surface area contributed by atoms with Crippen molar-refractivity contribution in [3.8, 4) is 0 Å². The van der Waals surface area contributed by atoms with Crippen LogP contribution in [0.15, 0.2) is 18.2 Å². The van der Waals surface area contributed by atoms with Crippen LogP contribution < -0.4 is 5.32 Å². The highest BCUT2D eigenvalue weighted by atomic mass is 35.5. The van der Waals surface area contributed by atoms with Gasteiger partial charge in [0.1, 0.15) is 5.82 Å². The van der Waals surface area contributed by atoms with Crippen molar-refractivity contribution in [3.63, 3.8) is 0 Å². The Morgan fingerprint density at radius 1 is 1.30 bits per heavy atom. The van der Waals surface area contributed by atoms with Gasteiger partial charge in [-0.2, -0.15) is 0 Å². The number of benzene rings is 1. The molecule has 0 bridgehead atoms. The van der Waals surface area contributed by atoms with E-state index in [4.69, 9.17) is 16.3 Å². The summed E-state index contributed by atoms with van der Waals surface area (Å²) in [6, 6.07) is 5.81. The quantitative estimate of drug-likeness (QED) is 0.897. The molecule has 1 aliphatic heterocycles. The third kappa shape index (κ3) is 3.51. The Kier molecular flexibility index (Phi) is 4.29. The third-order valence-electron chi connectivity index (χ3n) is 4.46. The normalized spacial score (nSPS) is 21.9. The standard InChI is InChI=1S/C16H21ClFNO/c17-14-9-12(1-4-15(14)18)10-16(5-7-20-8-6-16)11-19-13-2-3-13/h1,4,9,13,19H,2-3,5-8,10-11H2. The Morgan fingerprint density at radius 2 is 2.05 bits per heavy atom. The molecule has 2 nitrogen and oxygen atoms in total. The highest BCUT2D eigenvalue weighted by molar-refractivity contribution is 6.30. The SMILES string of the molecule is Fc1ccc(CC2(CNC3CC3)CCOCC2)cc1Cl. The maximum Gasteiger partial charge on any atom is 0.141 e. The van der Waals surface area contributed by atoms with Gasteiger partial charge in [0.15, 0.2) is 0 Å². The van der Waals surface area contributed by atoms with Crippen LogP contribution in [-0.4, -0.2) is 25.8 Å². The van der Waals surface area contributed by atoms with Crippen LogP contribution in [0.3, 0.4) is 0 Å². The summed E-state index contributed by atoms with van der Waals surface area (Å²) in [4.78, 5) is 0. The van der Waals surface area contributed by atoms with Gasteiger partial charge in [0.05, 0.1) is 5.02 Å². The first kappa shape index (κ1) is 14.3. The fourth-order valence-electron chi connectivity index (χ4n) is 2.95. The van der Waals surface area contributed by atoms with E-state index >= 15 is 0 Å². The molecule has 0 atom stereocenters. The lowest BCUT2D eigenvalue weighted by Gasteiger charge is -2.38. The zero-order valence-electron chi connectivity index (χ0n) is 11.6. The van der Waals surface area contributed by atoms with Crippen LogP contribution in [0.1, 0.15) is 31.2 Å². The fourth-order valence-corrected chi connectivity index (χ4v) is 3.15. The number of hydrogen-bond acceptors (Lipinski definition) is 2. The lowest BCUT2D eigenvalue weighted by molar-refractivity contribution is 0.0147. The number of rotatable bonds is 5. The summed E-state index contributed by atoms with van der Waals surface area (Å²) < 4.78 is 18.8. The van der Waals surface area contributed by atoms with Gasteiger partial charge in [0, 0.05) is 25.8 Å². The molecule has 0 aromatic heterocycles. The Labute approximate surface area is 124 Å². The first-order valence-corrected chi connectivity index (χ1v) is 7.80. The Balaban J connectivity index is 1.71. The molecule has 1 aromatic carbocycles. The Bertz CT molecular complexity index is 470. The summed E-state index contributed by atoms with van der Waals surface area (Å²) in [5, 5.41) is 3.87. The Hall–Kier alpha value is -0.640. The average Bonchev–Trinajstić information content (AvgIpc) is 3.26. The monoisotopic (exact) mass is 297 g/mol. The number of hydrogen-bond donors (Lipinski definition) is 1. The summed E-state index contributed by atoms with van der Waals surface area (Å²) >= 11 is 5.90. The molecular formula is C16H21ClFNO. The molecule has 110 valence electrons. The zero-order valence-corrected chi connectivity index (χ0v) is 12.4. The molecule has 0 radical (unpaired) electrons. The molecule has 2 aliphatic rings. The second-order valence-electron chi connectivity index (χ2n) is 6.19. The van der Waals surface area contributed by atoms with E-state index in [-0.39, 0.29) is 16.3 Å². The Morgan fingerprint density at radius 3 is 2.70 bits per heavy atom. The molecule has 1 heterocycles. The fraction of sp³-hybridized carbons (Fsp3) is 0.625. The first-order valence-electron chi connectivity index (χ1n) is 7.42. The predicted octanol–water partition coefficient (Wildman–Crippen LogP) is 3.57. The maximum atomic E-state index is 13.3. The van der Waals surface area contributed by atoms with Gasteiger partial charge in [-0.3, -0.25) is 0 Å². The number of nitrogens with one attached hydrogen (secondary N) is 1. The van der Waals surface area contributed by atoms with Crippen molar-refractivity contribution in [3.05, 3.63) is 34.6 Å². The van der Waals surface area contributed by atoms with E-state index in [2.05, 4.69) is 5.32 Å². The van der Waals surface area contributed by atoms with E-state index in [0.717, 1.165) is 44.6 Å². The molecule has 0 spiro atoms. The van der Waals surface area contributed by atoms with E-state index in [1.165, 1.54) is 18.9 Å². The van der Waals surface area contributed by atoms with Gasteiger partial charge in [-0.05, 0) is 55.2 Å². The van der Waals surface area contributed by atoms with Crippen LogP contribution in [0.5, 0.6) is 0 Å². The minimum atomic E-state index is -0.340. The average molecular weight is 298 g/mol. The van der Waals surface area contributed by atoms with Crippen LogP contribution in [0.4, 0.5) is 4.39 Å². The highest BCUT2D eigenvalue weighted by Gasteiger charge is 2.34. The number of ether oxygens (including phenoxy) is 1. The van der Waals surface area contributed by atoms with Gasteiger partial charge in [-0.25, -0.2) is 4.39 Å². The van der Waals surface area contributed by atoms with Gasteiger partial charge in [-0.15, -0.1) is 0 Å². The topological polar surface area (TPSA) is 21.3 Å². The van der Waals surface area contributed by atoms with Crippen LogP contribution in [0, 0.1) is 11.2 Å². The molecule has 3 rings (SSSR count). The van der Waals surface area contributed by atoms with Crippen molar-refractivity contribution in [1.82, 2.24) is 5.32 Å². The summed E-state index contributed by atoms with van der Waals surface area (Å²) in [7, 11) is 0. The van der Waals surface area contributed by atoms with Crippen LogP contribution >= 0.6 is 11.6 Å². The molecule has 0 amide bonds. The van der Waals surface area contributed by atoms with E-state index < -0.39 is 0 Å². The third-order valence-corrected chi connectivity index (χ3v) is 4.75. The first-order chi connectivity index (χ1) is 9.67. The summed E-state index contributed by atoms with van der Waals surface area (Å²) in [6.07, 6.45) is 5.66. The minimum absolute atomic E-state index is 0.222. The molecule has 0 unspecified atom stereocenters. The summed E-state index contributed by atoms with van der Waals surface area (Å²) in [6.45, 7) is 2.67. The van der Waals surface area contributed by atoms with Crippen molar-refractivity contribution in [1.29, 1.82) is 0 Å². The van der Waals surface area contributed by atoms with Crippen molar-refractivity contribution in [2.45, 2.75) is 38.1 Å². The van der Waals surface area contributed by atoms with Crippen LogP contribution in [-0.2, 0) is 11.2 Å². The number of halogens is 2. The molecule has 1 aliphatic carbocycles. The predicted molar refractivity (Wildman–Crippen MR) is 78.6 cm³/mol. The molecule has 4 heteroatoms. The van der Waals surface area contributed by atoms with Gasteiger partial charge in [0.2, 0.25) is 0 Å². The van der Waals surface area contributed by atoms with Gasteiger partial charge in [-0.1, -0.05) is 17.7 Å². The van der Waals surface area contributed by atoms with Gasteiger partial charge < -0.3 is 10.1 Å². The van der Waals surface area contributed by atoms with Crippen molar-refractivity contribution in [2.24, 2.45) is 5.41 Å². The molecule has 1 N–H and O–H groups in total.